The molecular formula is C28H48O6. The van der Waals surface area contributed by atoms with Crippen LogP contribution in [0.2, 0.25) is 0 Å². The van der Waals surface area contributed by atoms with E-state index in [1.165, 1.54) is 18.2 Å². The smallest absolute Gasteiger partial charge is 0.135 e. The first kappa shape index (κ1) is 30.4. The third-order valence-electron chi connectivity index (χ3n) is 6.87. The molecule has 0 aliphatic rings. The van der Waals surface area contributed by atoms with Gasteiger partial charge in [-0.25, -0.2) is 0 Å². The summed E-state index contributed by atoms with van der Waals surface area (Å²) in [6.07, 6.45) is 1.85. The third kappa shape index (κ3) is 10.7. The fourth-order valence-electron chi connectivity index (χ4n) is 5.11. The van der Waals surface area contributed by atoms with Crippen LogP contribution in [0.4, 0.5) is 0 Å². The molecule has 0 aromatic heterocycles. The number of hydrogen-bond acceptors (Lipinski definition) is 6. The van der Waals surface area contributed by atoms with Gasteiger partial charge in [0.2, 0.25) is 0 Å². The summed E-state index contributed by atoms with van der Waals surface area (Å²) in [6.45, 7) is 12.2. The number of Topliss-reactive ketones (excluding diaryl/α,β-unsaturated/α-hetero) is 1. The molecule has 0 amide bonds. The van der Waals surface area contributed by atoms with Gasteiger partial charge in [0.15, 0.2) is 0 Å². The summed E-state index contributed by atoms with van der Waals surface area (Å²) in [5.41, 5.74) is 0.343. The first-order chi connectivity index (χ1) is 15.8. The zero-order chi connectivity index (χ0) is 26.0. The van der Waals surface area contributed by atoms with Gasteiger partial charge in [-0.1, -0.05) is 41.5 Å². The highest BCUT2D eigenvalue weighted by molar-refractivity contribution is 5.80. The number of aromatic hydroxyl groups is 2. The quantitative estimate of drug-likeness (QED) is 0.218. The topological polar surface area (TPSA) is 118 Å². The lowest BCUT2D eigenvalue weighted by molar-refractivity contribution is -0.122. The number of benzene rings is 1. The summed E-state index contributed by atoms with van der Waals surface area (Å²) in [6, 6.07) is 3.97. The van der Waals surface area contributed by atoms with Crippen molar-refractivity contribution < 1.29 is 30.3 Å². The van der Waals surface area contributed by atoms with Gasteiger partial charge in [0, 0.05) is 24.3 Å². The van der Waals surface area contributed by atoms with E-state index >= 15 is 0 Å². The van der Waals surface area contributed by atoms with Crippen LogP contribution < -0.4 is 0 Å². The van der Waals surface area contributed by atoms with E-state index in [2.05, 4.69) is 13.8 Å². The van der Waals surface area contributed by atoms with Crippen molar-refractivity contribution in [3.8, 4) is 11.5 Å². The third-order valence-corrected chi connectivity index (χ3v) is 6.87. The first-order valence-electron chi connectivity index (χ1n) is 12.9. The highest BCUT2D eigenvalue weighted by atomic mass is 16.3. The molecule has 5 N–H and O–H groups in total. The second kappa shape index (κ2) is 14.7. The standard InChI is InChI=1S/C28H48O6/c1-7-26(32)20(6)12-19(5)11-18(4)8-9-22(29)16-27(33)25(10-17(2)3)28(34)21-13-23(30)15-24(31)14-21/h13-15,17-20,22,25,27-31,33-34H,7-12,16H2,1-6H3/t18-,19+,20+,22-,25-,27+,28-/m1/s1. The highest BCUT2D eigenvalue weighted by Crippen LogP contribution is 2.35. The molecule has 0 fully saturated rings. The number of phenolic OH excluding ortho intramolecular Hbond substituents is 2. The van der Waals surface area contributed by atoms with Crippen LogP contribution >= 0.6 is 0 Å². The van der Waals surface area contributed by atoms with E-state index in [-0.39, 0.29) is 29.8 Å². The molecule has 0 spiro atoms. The molecule has 6 nitrogen and oxygen atoms in total. The van der Waals surface area contributed by atoms with Gasteiger partial charge in [-0.05, 0) is 74.0 Å². The molecule has 196 valence electrons. The van der Waals surface area contributed by atoms with Crippen LogP contribution in [0.3, 0.4) is 0 Å². The Kier molecular flexibility index (Phi) is 13.1. The van der Waals surface area contributed by atoms with Gasteiger partial charge in [-0.3, -0.25) is 4.79 Å². The summed E-state index contributed by atoms with van der Waals surface area (Å²) in [5.74, 6) is 0.609. The van der Waals surface area contributed by atoms with Gasteiger partial charge in [-0.2, -0.15) is 0 Å². The Morgan fingerprint density at radius 1 is 0.794 bits per heavy atom. The number of phenols is 2. The highest BCUT2D eigenvalue weighted by Gasteiger charge is 2.31. The number of aliphatic hydroxyl groups excluding tert-OH is 3. The van der Waals surface area contributed by atoms with Crippen LogP contribution in [0.1, 0.15) is 98.2 Å². The molecule has 0 heterocycles. The Balaban J connectivity index is 2.64. The molecule has 7 atom stereocenters. The lowest BCUT2D eigenvalue weighted by atomic mass is 9.81. The minimum Gasteiger partial charge on any atom is -0.508 e. The van der Waals surface area contributed by atoms with E-state index in [9.17, 15) is 30.3 Å². The van der Waals surface area contributed by atoms with Crippen LogP contribution in [-0.2, 0) is 4.79 Å². The Hall–Kier alpha value is -1.63. The predicted molar refractivity (Wildman–Crippen MR) is 136 cm³/mol. The predicted octanol–water partition coefficient (Wildman–Crippen LogP) is 5.35. The van der Waals surface area contributed by atoms with Gasteiger partial charge in [0.25, 0.3) is 0 Å². The Morgan fingerprint density at radius 2 is 1.38 bits per heavy atom. The van der Waals surface area contributed by atoms with Crippen molar-refractivity contribution in [2.45, 2.75) is 105 Å². The SMILES string of the molecule is CCC(=O)[C@@H](C)C[C@@H](C)C[C@H](C)CC[C@@H](O)C[C@H](O)[C@@H](CC(C)C)[C@H](O)c1cc(O)cc(O)c1. The number of rotatable bonds is 16. The number of hydrogen-bond donors (Lipinski definition) is 5. The molecule has 0 bridgehead atoms. The van der Waals surface area contributed by atoms with Crippen molar-refractivity contribution in [3.63, 3.8) is 0 Å². The average Bonchev–Trinajstić information content (AvgIpc) is 2.73. The van der Waals surface area contributed by atoms with Gasteiger partial charge in [-0.15, -0.1) is 0 Å². The maximum absolute atomic E-state index is 11.8. The molecule has 0 saturated heterocycles. The summed E-state index contributed by atoms with van der Waals surface area (Å²) >= 11 is 0. The molecule has 0 unspecified atom stereocenters. The number of aliphatic hydroxyl groups is 3. The largest absolute Gasteiger partial charge is 0.508 e. The minimum absolute atomic E-state index is 0.0886. The molecule has 1 aromatic rings. The van der Waals surface area contributed by atoms with Crippen molar-refractivity contribution in [2.75, 3.05) is 0 Å². The van der Waals surface area contributed by atoms with E-state index in [0.717, 1.165) is 19.3 Å². The zero-order valence-corrected chi connectivity index (χ0v) is 21.9. The van der Waals surface area contributed by atoms with Crippen LogP contribution in [0.15, 0.2) is 18.2 Å². The summed E-state index contributed by atoms with van der Waals surface area (Å²) < 4.78 is 0. The maximum atomic E-state index is 11.8. The second-order valence-electron chi connectivity index (χ2n) is 11.0. The zero-order valence-electron chi connectivity index (χ0n) is 21.9. The number of carbonyl (C=O) groups is 1. The van der Waals surface area contributed by atoms with Crippen LogP contribution in [0.5, 0.6) is 11.5 Å². The minimum atomic E-state index is -1.07. The second-order valence-corrected chi connectivity index (χ2v) is 11.0. The number of carbonyl (C=O) groups excluding carboxylic acids is 1. The molecule has 1 aromatic carbocycles. The molecule has 0 aliphatic carbocycles. The van der Waals surface area contributed by atoms with Gasteiger partial charge < -0.3 is 25.5 Å². The van der Waals surface area contributed by atoms with Crippen molar-refractivity contribution in [2.24, 2.45) is 29.6 Å². The molecule has 6 heteroatoms. The average molecular weight is 481 g/mol. The molecule has 0 radical (unpaired) electrons. The fourth-order valence-corrected chi connectivity index (χ4v) is 5.11. The summed E-state index contributed by atoms with van der Waals surface area (Å²) in [7, 11) is 0. The monoisotopic (exact) mass is 480 g/mol. The van der Waals surface area contributed by atoms with E-state index in [0.29, 0.717) is 42.4 Å². The summed E-state index contributed by atoms with van der Waals surface area (Å²) in [5, 5.41) is 52.0. The van der Waals surface area contributed by atoms with E-state index in [1.807, 2.05) is 27.7 Å². The van der Waals surface area contributed by atoms with E-state index in [1.54, 1.807) is 0 Å². The van der Waals surface area contributed by atoms with Crippen molar-refractivity contribution in [3.05, 3.63) is 23.8 Å². The van der Waals surface area contributed by atoms with E-state index < -0.39 is 24.2 Å². The first-order valence-corrected chi connectivity index (χ1v) is 12.9. The van der Waals surface area contributed by atoms with Crippen LogP contribution in [0, 0.1) is 29.6 Å². The van der Waals surface area contributed by atoms with Crippen molar-refractivity contribution in [1.82, 2.24) is 0 Å². The van der Waals surface area contributed by atoms with Crippen molar-refractivity contribution in [1.29, 1.82) is 0 Å². The molecule has 1 rings (SSSR count). The van der Waals surface area contributed by atoms with Gasteiger partial charge in [0.05, 0.1) is 18.3 Å². The van der Waals surface area contributed by atoms with Crippen LogP contribution in [0.25, 0.3) is 0 Å². The molecular weight excluding hydrogens is 432 g/mol. The maximum Gasteiger partial charge on any atom is 0.135 e. The Labute approximate surface area is 206 Å². The molecule has 0 saturated carbocycles. The van der Waals surface area contributed by atoms with Crippen LogP contribution in [-0.4, -0.2) is 43.5 Å². The lowest BCUT2D eigenvalue weighted by Crippen LogP contribution is -2.31. The molecule has 34 heavy (non-hydrogen) atoms. The van der Waals surface area contributed by atoms with Gasteiger partial charge >= 0.3 is 0 Å². The van der Waals surface area contributed by atoms with Crippen molar-refractivity contribution >= 4 is 5.78 Å². The van der Waals surface area contributed by atoms with E-state index in [4.69, 9.17) is 0 Å². The number of ketones is 1. The van der Waals surface area contributed by atoms with Gasteiger partial charge in [0.1, 0.15) is 17.3 Å². The Morgan fingerprint density at radius 3 is 1.91 bits per heavy atom. The normalized spacial score (nSPS) is 18.2. The summed E-state index contributed by atoms with van der Waals surface area (Å²) in [4.78, 5) is 11.8. The fraction of sp³-hybridized carbons (Fsp3) is 0.750. The Bertz CT molecular complexity index is 713. The molecule has 0 aliphatic heterocycles. The lowest BCUT2D eigenvalue weighted by Gasteiger charge is -2.31.